The zero-order valence-corrected chi connectivity index (χ0v) is 19.8. The minimum absolute atomic E-state index is 0.306. The molecule has 0 saturated heterocycles. The normalized spacial score (nSPS) is 10.7. The lowest BCUT2D eigenvalue weighted by atomic mass is 10.1. The predicted octanol–water partition coefficient (Wildman–Crippen LogP) is 6.64. The number of hydrogen-bond acceptors (Lipinski definition) is 4. The first-order chi connectivity index (χ1) is 14.5. The molecule has 7 heteroatoms. The predicted molar refractivity (Wildman–Crippen MR) is 125 cm³/mol. The van der Waals surface area contributed by atoms with Gasteiger partial charge in [-0.15, -0.1) is 0 Å². The topological polar surface area (TPSA) is 39.7 Å². The summed E-state index contributed by atoms with van der Waals surface area (Å²) in [6.45, 7) is 1.74. The highest BCUT2D eigenvalue weighted by Gasteiger charge is 2.13. The van der Waals surface area contributed by atoms with Gasteiger partial charge in [-0.1, -0.05) is 41.4 Å². The molecule has 3 aromatic carbocycles. The summed E-state index contributed by atoms with van der Waals surface area (Å²) in [5, 5.41) is 4.59. The molecule has 0 aliphatic carbocycles. The van der Waals surface area contributed by atoms with Crippen LogP contribution < -0.4 is 19.5 Å². The third kappa shape index (κ3) is 6.05. The lowest BCUT2D eigenvalue weighted by Crippen LogP contribution is -2.13. The van der Waals surface area contributed by atoms with Crippen molar-refractivity contribution in [1.82, 2.24) is 5.32 Å². The smallest absolute Gasteiger partial charge is 0.175 e. The molecule has 4 nitrogen and oxygen atoms in total. The fourth-order valence-electron chi connectivity index (χ4n) is 2.90. The number of ether oxygens (including phenoxy) is 3. The largest absolute Gasteiger partial charge is 0.497 e. The van der Waals surface area contributed by atoms with Crippen LogP contribution >= 0.6 is 39.1 Å². The van der Waals surface area contributed by atoms with Crippen LogP contribution in [0, 0.1) is 0 Å². The van der Waals surface area contributed by atoms with E-state index in [1.165, 1.54) is 5.56 Å². The molecule has 0 aliphatic heterocycles. The van der Waals surface area contributed by atoms with Crippen molar-refractivity contribution in [2.75, 3.05) is 14.2 Å². The van der Waals surface area contributed by atoms with Gasteiger partial charge in [0.05, 0.1) is 18.7 Å². The zero-order valence-electron chi connectivity index (χ0n) is 16.7. The molecule has 0 atom stereocenters. The molecular formula is C23H22BrCl2NO3. The Labute approximate surface area is 195 Å². The van der Waals surface area contributed by atoms with Crippen LogP contribution in [-0.4, -0.2) is 14.2 Å². The maximum absolute atomic E-state index is 6.24. The second-order valence-corrected chi connectivity index (χ2v) is 8.28. The highest BCUT2D eigenvalue weighted by atomic mass is 79.9. The van der Waals surface area contributed by atoms with Gasteiger partial charge in [-0.25, -0.2) is 0 Å². The Morgan fingerprint density at radius 3 is 2.27 bits per heavy atom. The zero-order chi connectivity index (χ0) is 21.5. The van der Waals surface area contributed by atoms with E-state index in [2.05, 4.69) is 21.2 Å². The average Bonchev–Trinajstić information content (AvgIpc) is 2.74. The summed E-state index contributed by atoms with van der Waals surface area (Å²) in [7, 11) is 3.29. The number of benzene rings is 3. The van der Waals surface area contributed by atoms with E-state index in [1.807, 2.05) is 42.5 Å². The molecule has 1 N–H and O–H groups in total. The Balaban J connectivity index is 1.64. The number of nitrogens with one attached hydrogen (secondary N) is 1. The minimum Gasteiger partial charge on any atom is -0.497 e. The molecule has 0 spiro atoms. The molecule has 0 aliphatic rings. The highest BCUT2D eigenvalue weighted by Crippen LogP contribution is 2.37. The van der Waals surface area contributed by atoms with Crippen molar-refractivity contribution in [2.24, 2.45) is 0 Å². The Morgan fingerprint density at radius 1 is 0.867 bits per heavy atom. The van der Waals surface area contributed by atoms with Crippen LogP contribution in [0.5, 0.6) is 17.2 Å². The monoisotopic (exact) mass is 509 g/mol. The van der Waals surface area contributed by atoms with Crippen LogP contribution in [0.25, 0.3) is 0 Å². The Hall–Kier alpha value is -1.92. The van der Waals surface area contributed by atoms with Crippen LogP contribution in [-0.2, 0) is 19.7 Å². The van der Waals surface area contributed by atoms with Crippen LogP contribution in [0.15, 0.2) is 59.1 Å². The third-order valence-corrected chi connectivity index (χ3v) is 5.67. The van der Waals surface area contributed by atoms with E-state index in [0.29, 0.717) is 34.7 Å². The van der Waals surface area contributed by atoms with E-state index in [1.54, 1.807) is 26.4 Å². The molecule has 0 fully saturated rings. The molecule has 0 heterocycles. The lowest BCUT2D eigenvalue weighted by Gasteiger charge is -2.15. The molecule has 0 amide bonds. The Bertz CT molecular complexity index is 996. The van der Waals surface area contributed by atoms with E-state index in [-0.39, 0.29) is 0 Å². The molecule has 0 aromatic heterocycles. The van der Waals surface area contributed by atoms with Gasteiger partial charge in [-0.05, 0) is 63.5 Å². The summed E-state index contributed by atoms with van der Waals surface area (Å²) in [5.41, 5.74) is 3.10. The summed E-state index contributed by atoms with van der Waals surface area (Å²) >= 11 is 15.8. The van der Waals surface area contributed by atoms with Crippen molar-refractivity contribution < 1.29 is 14.2 Å². The fourth-order valence-corrected chi connectivity index (χ4v) is 3.97. The summed E-state index contributed by atoms with van der Waals surface area (Å²) in [6, 6.07) is 17.3. The SMILES string of the molecule is COc1ccc(CNCc2cc(Br)c(OCc3ccc(Cl)cc3Cl)c(OC)c2)cc1. The van der Waals surface area contributed by atoms with Crippen LogP contribution in [0.2, 0.25) is 10.0 Å². The number of methoxy groups -OCH3 is 2. The number of rotatable bonds is 9. The first-order valence-corrected chi connectivity index (χ1v) is 10.8. The average molecular weight is 511 g/mol. The van der Waals surface area contributed by atoms with Gasteiger partial charge >= 0.3 is 0 Å². The molecule has 3 aromatic rings. The van der Waals surface area contributed by atoms with E-state index in [4.69, 9.17) is 37.4 Å². The van der Waals surface area contributed by atoms with Crippen molar-refractivity contribution in [3.05, 3.63) is 85.8 Å². The fraction of sp³-hybridized carbons (Fsp3) is 0.217. The van der Waals surface area contributed by atoms with Crippen molar-refractivity contribution in [3.63, 3.8) is 0 Å². The van der Waals surface area contributed by atoms with Gasteiger partial charge in [-0.3, -0.25) is 0 Å². The first-order valence-electron chi connectivity index (χ1n) is 9.27. The van der Waals surface area contributed by atoms with Crippen molar-refractivity contribution in [1.29, 1.82) is 0 Å². The minimum atomic E-state index is 0.306. The summed E-state index contributed by atoms with van der Waals surface area (Å²) in [4.78, 5) is 0. The standard InChI is InChI=1S/C23H22BrCl2NO3/c1-28-19-7-3-15(4-8-19)12-27-13-16-9-20(24)23(22(10-16)29-2)30-14-17-5-6-18(25)11-21(17)26/h3-11,27H,12-14H2,1-2H3. The van der Waals surface area contributed by atoms with Crippen LogP contribution in [0.4, 0.5) is 0 Å². The molecule has 3 rings (SSSR count). The first kappa shape index (κ1) is 22.8. The molecule has 158 valence electrons. The number of hydrogen-bond donors (Lipinski definition) is 1. The van der Waals surface area contributed by atoms with Gasteiger partial charge in [0, 0.05) is 28.7 Å². The van der Waals surface area contributed by atoms with Crippen molar-refractivity contribution in [2.45, 2.75) is 19.7 Å². The quantitative estimate of drug-likeness (QED) is 0.350. The van der Waals surface area contributed by atoms with E-state index in [0.717, 1.165) is 27.9 Å². The van der Waals surface area contributed by atoms with Gasteiger partial charge in [0.1, 0.15) is 12.4 Å². The lowest BCUT2D eigenvalue weighted by molar-refractivity contribution is 0.282. The second kappa shape index (κ2) is 10.9. The van der Waals surface area contributed by atoms with Gasteiger partial charge in [0.25, 0.3) is 0 Å². The van der Waals surface area contributed by atoms with Crippen molar-refractivity contribution >= 4 is 39.1 Å². The summed E-state index contributed by atoms with van der Waals surface area (Å²) < 4.78 is 17.5. The van der Waals surface area contributed by atoms with Crippen molar-refractivity contribution in [3.8, 4) is 17.2 Å². The molecule has 0 unspecified atom stereocenters. The van der Waals surface area contributed by atoms with Gasteiger partial charge < -0.3 is 19.5 Å². The maximum atomic E-state index is 6.24. The van der Waals surface area contributed by atoms with E-state index in [9.17, 15) is 0 Å². The highest BCUT2D eigenvalue weighted by molar-refractivity contribution is 9.10. The van der Waals surface area contributed by atoms with Gasteiger partial charge in [-0.2, -0.15) is 0 Å². The van der Waals surface area contributed by atoms with Gasteiger partial charge in [0.15, 0.2) is 11.5 Å². The third-order valence-electron chi connectivity index (χ3n) is 4.49. The summed E-state index contributed by atoms with van der Waals surface area (Å²) in [6.07, 6.45) is 0. The van der Waals surface area contributed by atoms with E-state index >= 15 is 0 Å². The molecular weight excluding hydrogens is 489 g/mol. The molecule has 0 bridgehead atoms. The van der Waals surface area contributed by atoms with Gasteiger partial charge in [0.2, 0.25) is 0 Å². The Kier molecular flexibility index (Phi) is 8.28. The van der Waals surface area contributed by atoms with E-state index < -0.39 is 0 Å². The molecule has 0 saturated carbocycles. The molecule has 30 heavy (non-hydrogen) atoms. The summed E-state index contributed by atoms with van der Waals surface area (Å²) in [5.74, 6) is 2.13. The number of halogens is 3. The second-order valence-electron chi connectivity index (χ2n) is 6.59. The Morgan fingerprint density at radius 2 is 1.60 bits per heavy atom. The molecule has 0 radical (unpaired) electrons. The van der Waals surface area contributed by atoms with Crippen LogP contribution in [0.1, 0.15) is 16.7 Å². The van der Waals surface area contributed by atoms with Crippen LogP contribution in [0.3, 0.4) is 0 Å². The maximum Gasteiger partial charge on any atom is 0.175 e.